The Balaban J connectivity index is 0.00000200. The minimum atomic E-state index is -0.946. The second-order valence-corrected chi connectivity index (χ2v) is 5.08. The van der Waals surface area contributed by atoms with Gasteiger partial charge in [-0.25, -0.2) is 4.79 Å². The first-order valence-electron chi connectivity index (χ1n) is 7.05. The minimum Gasteiger partial charge on any atom is -0.482 e. The summed E-state index contributed by atoms with van der Waals surface area (Å²) in [4.78, 5) is 10.4. The van der Waals surface area contributed by atoms with E-state index in [0.29, 0.717) is 5.75 Å². The number of benzene rings is 1. The van der Waals surface area contributed by atoms with Crippen molar-refractivity contribution in [1.29, 1.82) is 0 Å². The van der Waals surface area contributed by atoms with Crippen molar-refractivity contribution in [1.82, 2.24) is 0 Å². The summed E-state index contributed by atoms with van der Waals surface area (Å²) in [5.74, 6) is 1.21. The summed E-state index contributed by atoms with van der Waals surface area (Å²) >= 11 is 0. The Labute approximate surface area is 129 Å². The van der Waals surface area contributed by atoms with Gasteiger partial charge >= 0.3 is 5.97 Å². The van der Waals surface area contributed by atoms with Crippen LogP contribution in [0, 0.1) is 20.8 Å². The van der Waals surface area contributed by atoms with Crippen molar-refractivity contribution in [3.8, 4) is 5.75 Å². The van der Waals surface area contributed by atoms with Crippen LogP contribution in [-0.4, -0.2) is 17.7 Å². The van der Waals surface area contributed by atoms with Crippen LogP contribution in [0.15, 0.2) is 24.3 Å². The van der Waals surface area contributed by atoms with Crippen LogP contribution in [0.1, 0.15) is 50.5 Å². The van der Waals surface area contributed by atoms with Crippen LogP contribution in [0.4, 0.5) is 0 Å². The van der Waals surface area contributed by atoms with Gasteiger partial charge in [0.1, 0.15) is 5.75 Å². The Hall–Kier alpha value is -1.51. The third-order valence-corrected chi connectivity index (χ3v) is 3.58. The monoisotopic (exact) mass is 289 g/mol. The molecule has 0 unspecified atom stereocenters. The van der Waals surface area contributed by atoms with Crippen molar-refractivity contribution in [3.63, 3.8) is 0 Å². The summed E-state index contributed by atoms with van der Waals surface area (Å²) in [5.41, 5.74) is 1.28. The number of ether oxygens (including phenoxy) is 1. The van der Waals surface area contributed by atoms with E-state index in [1.54, 1.807) is 0 Å². The number of carboxylic acids is 1. The fourth-order valence-corrected chi connectivity index (χ4v) is 2.55. The molecule has 0 amide bonds. The molecule has 3 nitrogen and oxygen atoms in total. The third-order valence-electron chi connectivity index (χ3n) is 3.58. The highest BCUT2D eigenvalue weighted by molar-refractivity contribution is 5.68. The lowest BCUT2D eigenvalue weighted by Crippen LogP contribution is -2.09. The summed E-state index contributed by atoms with van der Waals surface area (Å²) in [6.45, 7) is -0.282. The van der Waals surface area contributed by atoms with Crippen molar-refractivity contribution in [2.45, 2.75) is 44.9 Å². The molecule has 1 aromatic rings. The van der Waals surface area contributed by atoms with E-state index in [9.17, 15) is 4.79 Å². The maximum atomic E-state index is 10.4. The molecule has 0 aromatic heterocycles. The molecule has 3 heteroatoms. The van der Waals surface area contributed by atoms with Crippen molar-refractivity contribution in [2.75, 3.05) is 6.61 Å². The Morgan fingerprint density at radius 3 is 2.00 bits per heavy atom. The molecule has 0 heterocycles. The first-order chi connectivity index (χ1) is 9.25. The van der Waals surface area contributed by atoms with E-state index in [4.69, 9.17) is 9.84 Å². The number of carbonyl (C=O) groups is 1. The second kappa shape index (κ2) is 10.3. The first kappa shape index (κ1) is 19.5. The smallest absolute Gasteiger partial charge is 0.341 e. The molecule has 0 atom stereocenters. The van der Waals surface area contributed by atoms with Gasteiger partial charge in [0, 0.05) is 5.92 Å². The van der Waals surface area contributed by atoms with Gasteiger partial charge in [-0.1, -0.05) is 59.1 Å². The van der Waals surface area contributed by atoms with Gasteiger partial charge < -0.3 is 9.84 Å². The molecule has 5 radical (unpaired) electrons. The quantitative estimate of drug-likeness (QED) is 0.889. The Bertz CT molecular complexity index is 389. The van der Waals surface area contributed by atoms with Gasteiger partial charge in [-0.3, -0.25) is 0 Å². The van der Waals surface area contributed by atoms with E-state index in [1.165, 1.54) is 56.4 Å². The van der Waals surface area contributed by atoms with Crippen LogP contribution in [0.25, 0.3) is 0 Å². The molecule has 1 saturated carbocycles. The molecule has 1 fully saturated rings. The highest BCUT2D eigenvalue weighted by atomic mass is 16.5. The average Bonchev–Trinajstić information content (AvgIpc) is 2.37. The molecule has 0 bridgehead atoms. The maximum absolute atomic E-state index is 10.4. The van der Waals surface area contributed by atoms with Gasteiger partial charge in [0.15, 0.2) is 6.61 Å². The zero-order valence-corrected chi connectivity index (χ0v) is 12.6. The second-order valence-electron chi connectivity index (χ2n) is 5.08. The Morgan fingerprint density at radius 2 is 1.48 bits per heavy atom. The average molecular weight is 289 g/mol. The molecule has 115 valence electrons. The van der Waals surface area contributed by atoms with Gasteiger partial charge in [0.25, 0.3) is 0 Å². The van der Waals surface area contributed by atoms with Crippen LogP contribution >= 0.6 is 0 Å². The minimum absolute atomic E-state index is 0. The summed E-state index contributed by atoms with van der Waals surface area (Å²) in [7, 11) is 0. The molecular formula is C18H25O3. The molecule has 2 rings (SSSR count). The largest absolute Gasteiger partial charge is 0.482 e. The van der Waals surface area contributed by atoms with Gasteiger partial charge in [-0.05, 0) is 30.5 Å². The van der Waals surface area contributed by atoms with E-state index in [-0.39, 0.29) is 21.5 Å². The molecular weight excluding hydrogens is 264 g/mol. The normalized spacial score (nSPS) is 15.8. The fourth-order valence-electron chi connectivity index (χ4n) is 2.55. The van der Waals surface area contributed by atoms with Crippen molar-refractivity contribution in [2.24, 2.45) is 0 Å². The molecule has 1 aliphatic rings. The number of hydrogen-bond donors (Lipinski definition) is 1. The highest BCUT2D eigenvalue weighted by Crippen LogP contribution is 2.30. The lowest BCUT2D eigenvalue weighted by atomic mass is 9.86. The van der Waals surface area contributed by atoms with E-state index in [0.717, 1.165) is 0 Å². The number of aliphatic carboxylic acids is 1. The van der Waals surface area contributed by atoms with Gasteiger partial charge in [0.2, 0.25) is 0 Å². The summed E-state index contributed by atoms with van der Waals surface area (Å²) < 4.78 is 5.15. The molecule has 0 aliphatic heterocycles. The first-order valence-corrected chi connectivity index (χ1v) is 7.05. The Morgan fingerprint density at radius 1 is 0.952 bits per heavy atom. The topological polar surface area (TPSA) is 46.5 Å². The maximum Gasteiger partial charge on any atom is 0.341 e. The SMILES string of the molecule is O=C(O)COc1ccc([C]2CCCCCCC2)cc1.[CH2].[CH2]. The third kappa shape index (κ3) is 6.65. The van der Waals surface area contributed by atoms with Crippen LogP contribution in [0.5, 0.6) is 5.75 Å². The van der Waals surface area contributed by atoms with Crippen molar-refractivity contribution in [3.05, 3.63) is 50.6 Å². The predicted molar refractivity (Wildman–Crippen MR) is 85.0 cm³/mol. The number of hydrogen-bond acceptors (Lipinski definition) is 2. The van der Waals surface area contributed by atoms with Gasteiger partial charge in [-0.2, -0.15) is 0 Å². The zero-order valence-electron chi connectivity index (χ0n) is 12.6. The van der Waals surface area contributed by atoms with E-state index in [1.807, 2.05) is 24.3 Å². The fraction of sp³-hybridized carbons (Fsp3) is 0.444. The number of carboxylic acid groups (broad SMARTS) is 1. The van der Waals surface area contributed by atoms with Crippen LogP contribution in [-0.2, 0) is 4.79 Å². The molecule has 1 aliphatic carbocycles. The standard InChI is InChI=1S/C16H21O3.2CH2/c17-16(18)12-19-15-10-8-14(9-11-15)13-6-4-2-1-3-5-7-13;;/h8-11H,1-7,12H2,(H,17,18);2*1H2. The summed E-state index contributed by atoms with van der Waals surface area (Å²) in [6.07, 6.45) is 8.99. The van der Waals surface area contributed by atoms with Crippen LogP contribution in [0.2, 0.25) is 0 Å². The molecule has 0 saturated heterocycles. The number of rotatable bonds is 4. The molecule has 1 aromatic carbocycles. The van der Waals surface area contributed by atoms with E-state index < -0.39 is 5.97 Å². The molecule has 0 spiro atoms. The Kier molecular flexibility index (Phi) is 9.51. The highest BCUT2D eigenvalue weighted by Gasteiger charge is 2.14. The van der Waals surface area contributed by atoms with Crippen molar-refractivity contribution >= 4 is 5.97 Å². The van der Waals surface area contributed by atoms with Crippen molar-refractivity contribution < 1.29 is 14.6 Å². The van der Waals surface area contributed by atoms with Gasteiger partial charge in [0.05, 0.1) is 0 Å². The lowest BCUT2D eigenvalue weighted by molar-refractivity contribution is -0.139. The molecule has 1 N–H and O–H groups in total. The predicted octanol–water partition coefficient (Wildman–Crippen LogP) is 4.47. The van der Waals surface area contributed by atoms with Gasteiger partial charge in [-0.15, -0.1) is 0 Å². The lowest BCUT2D eigenvalue weighted by Gasteiger charge is -2.19. The van der Waals surface area contributed by atoms with Crippen LogP contribution < -0.4 is 4.74 Å². The molecule has 21 heavy (non-hydrogen) atoms. The van der Waals surface area contributed by atoms with E-state index in [2.05, 4.69) is 0 Å². The van der Waals surface area contributed by atoms with Crippen LogP contribution in [0.3, 0.4) is 0 Å². The zero-order chi connectivity index (χ0) is 13.5. The summed E-state index contributed by atoms with van der Waals surface area (Å²) in [5, 5.41) is 8.56. The van der Waals surface area contributed by atoms with E-state index >= 15 is 0 Å². The summed E-state index contributed by atoms with van der Waals surface area (Å²) in [6, 6.07) is 7.83.